The molecule has 1 heterocycles. The first-order chi connectivity index (χ1) is 16.9. The third-order valence-corrected chi connectivity index (χ3v) is 4.79. The smallest absolute Gasteiger partial charge is 0.318 e. The molecule has 0 aliphatic carbocycles. The highest BCUT2D eigenvalue weighted by molar-refractivity contribution is 5.89. The van der Waals surface area contributed by atoms with E-state index in [-0.39, 0.29) is 35.3 Å². The standard InChI is InChI=1S/C24H16N4O7/c1-2-33-23-12-15(11-16(14-25)24-26-18-5-3-4-6-20(18)35-24)7-9-22(23)34-21-10-8-17(27(29)30)13-19(21)28(31)32/h3-13H,2H2,1H3/b16-11+. The summed E-state index contributed by atoms with van der Waals surface area (Å²) in [6.45, 7) is 2.02. The van der Waals surface area contributed by atoms with E-state index >= 15 is 0 Å². The number of para-hydroxylation sites is 2. The monoisotopic (exact) mass is 472 g/mol. The second-order valence-electron chi connectivity index (χ2n) is 7.06. The number of nitro groups is 2. The summed E-state index contributed by atoms with van der Waals surface area (Å²) in [5, 5.41) is 32.0. The van der Waals surface area contributed by atoms with Gasteiger partial charge in [-0.3, -0.25) is 20.2 Å². The molecule has 3 aromatic carbocycles. The van der Waals surface area contributed by atoms with Crippen molar-refractivity contribution in [3.8, 4) is 23.3 Å². The summed E-state index contributed by atoms with van der Waals surface area (Å²) in [5.74, 6) is 0.382. The lowest BCUT2D eigenvalue weighted by Gasteiger charge is -2.12. The zero-order valence-corrected chi connectivity index (χ0v) is 18.2. The van der Waals surface area contributed by atoms with Crippen LogP contribution >= 0.6 is 0 Å². The van der Waals surface area contributed by atoms with Crippen LogP contribution in [0.3, 0.4) is 0 Å². The maximum Gasteiger partial charge on any atom is 0.318 e. The molecule has 11 heteroatoms. The molecule has 0 bridgehead atoms. The van der Waals surface area contributed by atoms with E-state index in [0.717, 1.165) is 18.2 Å². The Kier molecular flexibility index (Phi) is 6.37. The number of rotatable bonds is 8. The van der Waals surface area contributed by atoms with Gasteiger partial charge in [0.1, 0.15) is 17.2 Å². The Morgan fingerprint density at radius 3 is 2.51 bits per heavy atom. The molecule has 0 aliphatic rings. The topological polar surface area (TPSA) is 155 Å². The molecule has 0 spiro atoms. The summed E-state index contributed by atoms with van der Waals surface area (Å²) in [7, 11) is 0. The third-order valence-electron chi connectivity index (χ3n) is 4.79. The zero-order valence-electron chi connectivity index (χ0n) is 18.2. The highest BCUT2D eigenvalue weighted by atomic mass is 16.6. The maximum atomic E-state index is 11.4. The number of allylic oxidation sites excluding steroid dienone is 1. The average molecular weight is 472 g/mol. The van der Waals surface area contributed by atoms with Gasteiger partial charge in [0.2, 0.25) is 11.6 Å². The molecule has 11 nitrogen and oxygen atoms in total. The van der Waals surface area contributed by atoms with Crippen molar-refractivity contribution in [1.82, 2.24) is 4.98 Å². The van der Waals surface area contributed by atoms with Crippen LogP contribution in [-0.4, -0.2) is 21.4 Å². The molecule has 174 valence electrons. The predicted octanol–water partition coefficient (Wildman–Crippen LogP) is 5.90. The van der Waals surface area contributed by atoms with Crippen molar-refractivity contribution < 1.29 is 23.7 Å². The second-order valence-corrected chi connectivity index (χ2v) is 7.06. The van der Waals surface area contributed by atoms with Gasteiger partial charge in [0, 0.05) is 6.07 Å². The fraction of sp³-hybridized carbons (Fsp3) is 0.0833. The number of nitrogens with zero attached hydrogens (tertiary/aromatic N) is 4. The van der Waals surface area contributed by atoms with E-state index in [1.54, 1.807) is 43.3 Å². The minimum absolute atomic E-state index is 0.154. The van der Waals surface area contributed by atoms with Crippen molar-refractivity contribution in [3.63, 3.8) is 0 Å². The molecule has 0 unspecified atom stereocenters. The molecule has 4 rings (SSSR count). The Bertz CT molecular complexity index is 1490. The van der Waals surface area contributed by atoms with Crippen LogP contribution in [0.5, 0.6) is 17.2 Å². The van der Waals surface area contributed by atoms with E-state index in [1.807, 2.05) is 6.07 Å². The van der Waals surface area contributed by atoms with Gasteiger partial charge in [-0.2, -0.15) is 5.26 Å². The third kappa shape index (κ3) is 4.91. The Hall–Kier alpha value is -5.24. The van der Waals surface area contributed by atoms with E-state index in [2.05, 4.69) is 11.1 Å². The minimum atomic E-state index is -0.765. The number of hydrogen-bond donors (Lipinski definition) is 0. The Balaban J connectivity index is 1.70. The number of nitriles is 1. The Labute approximate surface area is 197 Å². The van der Waals surface area contributed by atoms with Crippen LogP contribution in [0.4, 0.5) is 11.4 Å². The number of nitro benzene ring substituents is 2. The first-order valence-electron chi connectivity index (χ1n) is 10.2. The molecule has 0 amide bonds. The Morgan fingerprint density at radius 2 is 1.83 bits per heavy atom. The number of non-ortho nitro benzene ring substituents is 1. The summed E-state index contributed by atoms with van der Waals surface area (Å²) < 4.78 is 17.0. The van der Waals surface area contributed by atoms with Crippen LogP contribution in [0, 0.1) is 31.6 Å². The highest BCUT2D eigenvalue weighted by Gasteiger charge is 2.22. The molecule has 0 atom stereocenters. The number of ether oxygens (including phenoxy) is 2. The lowest BCUT2D eigenvalue weighted by atomic mass is 10.1. The molecule has 0 fully saturated rings. The van der Waals surface area contributed by atoms with E-state index in [1.165, 1.54) is 6.07 Å². The van der Waals surface area contributed by atoms with E-state index in [0.29, 0.717) is 16.7 Å². The minimum Gasteiger partial charge on any atom is -0.490 e. The van der Waals surface area contributed by atoms with Crippen LogP contribution in [0.1, 0.15) is 18.4 Å². The van der Waals surface area contributed by atoms with Gasteiger partial charge < -0.3 is 13.9 Å². The molecule has 0 aliphatic heterocycles. The van der Waals surface area contributed by atoms with Crippen LogP contribution in [0.2, 0.25) is 0 Å². The maximum absolute atomic E-state index is 11.4. The van der Waals surface area contributed by atoms with Gasteiger partial charge in [-0.25, -0.2) is 4.98 Å². The summed E-state index contributed by atoms with van der Waals surface area (Å²) in [4.78, 5) is 25.2. The van der Waals surface area contributed by atoms with Gasteiger partial charge in [-0.05, 0) is 48.9 Å². The molecule has 0 N–H and O–H groups in total. The summed E-state index contributed by atoms with van der Waals surface area (Å²) in [6, 6.07) is 17.0. The normalized spacial score (nSPS) is 11.1. The molecule has 1 aromatic heterocycles. The molecular weight excluding hydrogens is 456 g/mol. The average Bonchev–Trinajstić information content (AvgIpc) is 3.28. The lowest BCUT2D eigenvalue weighted by molar-refractivity contribution is -0.394. The van der Waals surface area contributed by atoms with Crippen LogP contribution < -0.4 is 9.47 Å². The fourth-order valence-electron chi connectivity index (χ4n) is 3.23. The van der Waals surface area contributed by atoms with Crippen molar-refractivity contribution in [1.29, 1.82) is 5.26 Å². The summed E-state index contributed by atoms with van der Waals surface area (Å²) in [6.07, 6.45) is 1.56. The second kappa shape index (κ2) is 9.72. The van der Waals surface area contributed by atoms with Crippen LogP contribution in [-0.2, 0) is 0 Å². The quantitative estimate of drug-likeness (QED) is 0.173. The first-order valence-corrected chi connectivity index (χ1v) is 10.2. The number of fused-ring (bicyclic) bond motifs is 1. The zero-order chi connectivity index (χ0) is 24.9. The van der Waals surface area contributed by atoms with Gasteiger partial charge in [-0.15, -0.1) is 0 Å². The van der Waals surface area contributed by atoms with Gasteiger partial charge in [0.05, 0.1) is 22.5 Å². The Morgan fingerprint density at radius 1 is 1.06 bits per heavy atom. The van der Waals surface area contributed by atoms with Gasteiger partial charge in [0.25, 0.3) is 5.69 Å². The number of aromatic nitrogens is 1. The molecular formula is C24H16N4O7. The predicted molar refractivity (Wildman–Crippen MR) is 125 cm³/mol. The SMILES string of the molecule is CCOc1cc(/C=C(\C#N)c2nc3ccccc3o2)ccc1Oc1ccc([N+](=O)[O-])cc1[N+](=O)[O-]. The fourth-order valence-corrected chi connectivity index (χ4v) is 3.23. The highest BCUT2D eigenvalue weighted by Crippen LogP contribution is 2.39. The number of hydrogen-bond acceptors (Lipinski definition) is 9. The van der Waals surface area contributed by atoms with Crippen molar-refractivity contribution >= 4 is 34.1 Å². The van der Waals surface area contributed by atoms with E-state index < -0.39 is 21.2 Å². The number of benzene rings is 3. The lowest BCUT2D eigenvalue weighted by Crippen LogP contribution is -1.99. The molecule has 0 saturated carbocycles. The van der Waals surface area contributed by atoms with Gasteiger partial charge in [0.15, 0.2) is 17.1 Å². The molecule has 35 heavy (non-hydrogen) atoms. The van der Waals surface area contributed by atoms with Gasteiger partial charge in [-0.1, -0.05) is 18.2 Å². The van der Waals surface area contributed by atoms with Crippen molar-refractivity contribution in [2.75, 3.05) is 6.61 Å². The molecule has 0 saturated heterocycles. The van der Waals surface area contributed by atoms with E-state index in [4.69, 9.17) is 13.9 Å². The van der Waals surface area contributed by atoms with Crippen LogP contribution in [0.25, 0.3) is 22.7 Å². The van der Waals surface area contributed by atoms with Crippen molar-refractivity contribution in [2.24, 2.45) is 0 Å². The molecule has 4 aromatic rings. The summed E-state index contributed by atoms with van der Waals surface area (Å²) >= 11 is 0. The van der Waals surface area contributed by atoms with E-state index in [9.17, 15) is 25.5 Å². The number of oxazole rings is 1. The summed E-state index contributed by atoms with van der Waals surface area (Å²) in [5.41, 5.74) is 0.923. The molecule has 0 radical (unpaired) electrons. The largest absolute Gasteiger partial charge is 0.490 e. The van der Waals surface area contributed by atoms with Crippen molar-refractivity contribution in [3.05, 3.63) is 92.3 Å². The van der Waals surface area contributed by atoms with Crippen LogP contribution in [0.15, 0.2) is 65.1 Å². The van der Waals surface area contributed by atoms with Crippen molar-refractivity contribution in [2.45, 2.75) is 6.92 Å². The first kappa shape index (κ1) is 22.9. The van der Waals surface area contributed by atoms with Gasteiger partial charge >= 0.3 is 5.69 Å².